The van der Waals surface area contributed by atoms with E-state index in [0.717, 1.165) is 0 Å². The van der Waals surface area contributed by atoms with Crippen LogP contribution in [0, 0.1) is 0 Å². The van der Waals surface area contributed by atoms with E-state index in [0.29, 0.717) is 0 Å². The van der Waals surface area contributed by atoms with E-state index in [2.05, 4.69) is 253 Å². The van der Waals surface area contributed by atoms with Crippen molar-refractivity contribution in [2.24, 2.45) is 0 Å². The fraction of sp³-hybridized carbons (Fsp3) is 0.0145. The third-order valence-corrected chi connectivity index (χ3v) is 16.1. The van der Waals surface area contributed by atoms with Crippen LogP contribution in [-0.4, -0.2) is 4.57 Å². The van der Waals surface area contributed by atoms with Gasteiger partial charge in [-0.15, -0.1) is 0 Å². The van der Waals surface area contributed by atoms with Crippen LogP contribution in [0.3, 0.4) is 0 Å². The van der Waals surface area contributed by atoms with Crippen molar-refractivity contribution in [2.45, 2.75) is 5.41 Å². The lowest BCUT2D eigenvalue weighted by Gasteiger charge is -2.32. The smallest absolute Gasteiger partial charge is 0.0732 e. The SMILES string of the molecule is c1ccc(-n2c3ccccc3c3cc(-c4c5ccccc5c(-c5ccc6c7c(c8ccccc8c6c5)-c5c(ccc6ccccc56)C75c6ccccc6-c6ccccc65)c5ccccc45)ccc32)cc1. The van der Waals surface area contributed by atoms with Crippen molar-refractivity contribution >= 4 is 75.7 Å². The first-order chi connectivity index (χ1) is 34.8. The van der Waals surface area contributed by atoms with Gasteiger partial charge in [0, 0.05) is 16.5 Å². The van der Waals surface area contributed by atoms with Gasteiger partial charge in [0.15, 0.2) is 0 Å². The minimum absolute atomic E-state index is 0.499. The molecule has 70 heavy (non-hydrogen) atoms. The van der Waals surface area contributed by atoms with Crippen LogP contribution in [0.25, 0.3) is 126 Å². The van der Waals surface area contributed by atoms with Gasteiger partial charge in [-0.05, 0) is 157 Å². The first-order valence-electron chi connectivity index (χ1n) is 24.5. The Bertz CT molecular complexity index is 4490. The van der Waals surface area contributed by atoms with Gasteiger partial charge in [0.05, 0.1) is 16.4 Å². The van der Waals surface area contributed by atoms with Crippen LogP contribution in [0.1, 0.15) is 22.3 Å². The fourth-order valence-electron chi connectivity index (χ4n) is 13.5. The molecule has 2 aliphatic carbocycles. The maximum absolute atomic E-state index is 2.53. The summed E-state index contributed by atoms with van der Waals surface area (Å²) in [6.45, 7) is 0. The van der Waals surface area contributed by atoms with Gasteiger partial charge < -0.3 is 4.57 Å². The average molecular weight is 884 g/mol. The minimum atomic E-state index is -0.499. The third-order valence-electron chi connectivity index (χ3n) is 16.1. The maximum Gasteiger partial charge on any atom is 0.0732 e. The first-order valence-corrected chi connectivity index (χ1v) is 24.5. The van der Waals surface area contributed by atoms with Crippen molar-refractivity contribution in [3.8, 4) is 50.2 Å². The average Bonchev–Trinajstić information content (AvgIpc) is 4.05. The second kappa shape index (κ2) is 14.0. The Morgan fingerprint density at radius 3 is 1.40 bits per heavy atom. The highest BCUT2D eigenvalue weighted by Crippen LogP contribution is 2.66. The molecule has 14 aromatic rings. The van der Waals surface area contributed by atoms with Gasteiger partial charge in [0.1, 0.15) is 0 Å². The Balaban J connectivity index is 0.989. The zero-order valence-corrected chi connectivity index (χ0v) is 38.1. The predicted molar refractivity (Wildman–Crippen MR) is 295 cm³/mol. The fourth-order valence-corrected chi connectivity index (χ4v) is 13.5. The molecule has 0 unspecified atom stereocenters. The summed E-state index contributed by atoms with van der Waals surface area (Å²) in [5, 5.41) is 15.3. The summed E-state index contributed by atoms with van der Waals surface area (Å²) in [4.78, 5) is 0. The van der Waals surface area contributed by atoms with Crippen molar-refractivity contribution in [1.29, 1.82) is 0 Å². The molecule has 322 valence electrons. The second-order valence-corrected chi connectivity index (χ2v) is 19.4. The van der Waals surface area contributed by atoms with Gasteiger partial charge >= 0.3 is 0 Å². The number of nitrogens with zero attached hydrogens (tertiary/aromatic N) is 1. The van der Waals surface area contributed by atoms with Crippen LogP contribution >= 0.6 is 0 Å². The molecule has 16 rings (SSSR count). The molecule has 0 aliphatic heterocycles. The molecule has 0 saturated heterocycles. The van der Waals surface area contributed by atoms with Crippen LogP contribution in [0.15, 0.2) is 249 Å². The lowest BCUT2D eigenvalue weighted by Crippen LogP contribution is -2.26. The summed E-state index contributed by atoms with van der Waals surface area (Å²) in [5.41, 5.74) is 18.9. The van der Waals surface area contributed by atoms with E-state index in [1.807, 2.05) is 0 Å². The van der Waals surface area contributed by atoms with Gasteiger partial charge in [-0.25, -0.2) is 0 Å². The normalized spacial score (nSPS) is 13.3. The van der Waals surface area contributed by atoms with E-state index < -0.39 is 5.41 Å². The molecule has 2 aliphatic rings. The molecule has 0 saturated carbocycles. The number of fused-ring (bicyclic) bond motifs is 22. The largest absolute Gasteiger partial charge is 0.309 e. The standard InChI is InChI=1S/C69H41N/c1-2-19-45(20-3-1)70-62-33-17-14-25-50(62)58-41-44(36-39-63(58)70)65-54-29-10-8-27-52(54)64(53-28-9-11-30-55(53)65)43-34-37-56-57(40-43)47-22-6-7-26-51(47)67-66-46-21-5-4-18-42(46)35-38-61(66)69(68(56)67)59-31-15-12-23-48(59)49-24-13-16-32-60(49)69/h1-41H. The molecule has 1 spiro atoms. The van der Waals surface area contributed by atoms with E-state index >= 15 is 0 Å². The number of benzene rings is 13. The molecule has 0 bridgehead atoms. The van der Waals surface area contributed by atoms with Crippen molar-refractivity contribution < 1.29 is 0 Å². The zero-order chi connectivity index (χ0) is 45.7. The van der Waals surface area contributed by atoms with Crippen molar-refractivity contribution in [3.63, 3.8) is 0 Å². The Morgan fingerprint density at radius 1 is 0.257 bits per heavy atom. The Kier molecular flexibility index (Phi) is 7.60. The van der Waals surface area contributed by atoms with Gasteiger partial charge in [-0.1, -0.05) is 212 Å². The highest BCUT2D eigenvalue weighted by molar-refractivity contribution is 6.26. The van der Waals surface area contributed by atoms with Crippen molar-refractivity contribution in [1.82, 2.24) is 4.57 Å². The summed E-state index contributed by atoms with van der Waals surface area (Å²) < 4.78 is 2.40. The van der Waals surface area contributed by atoms with Crippen LogP contribution < -0.4 is 0 Å². The monoisotopic (exact) mass is 883 g/mol. The minimum Gasteiger partial charge on any atom is -0.309 e. The van der Waals surface area contributed by atoms with Gasteiger partial charge in [0.2, 0.25) is 0 Å². The summed E-state index contributed by atoms with van der Waals surface area (Å²) >= 11 is 0. The molecule has 0 atom stereocenters. The number of hydrogen-bond acceptors (Lipinski definition) is 0. The summed E-state index contributed by atoms with van der Waals surface area (Å²) in [7, 11) is 0. The number of hydrogen-bond donors (Lipinski definition) is 0. The lowest BCUT2D eigenvalue weighted by atomic mass is 9.69. The van der Waals surface area contributed by atoms with E-state index in [-0.39, 0.29) is 0 Å². The third kappa shape index (κ3) is 4.81. The first kappa shape index (κ1) is 38.0. The van der Waals surface area contributed by atoms with Crippen LogP contribution in [-0.2, 0) is 5.41 Å². The molecule has 1 nitrogen and oxygen atoms in total. The Labute approximate surface area is 404 Å². The van der Waals surface area contributed by atoms with Crippen molar-refractivity contribution in [3.05, 3.63) is 271 Å². The zero-order valence-electron chi connectivity index (χ0n) is 38.1. The summed E-state index contributed by atoms with van der Waals surface area (Å²) in [6.07, 6.45) is 0. The quantitative estimate of drug-likeness (QED) is 0.123. The summed E-state index contributed by atoms with van der Waals surface area (Å²) in [6, 6.07) is 93.7. The molecule has 0 N–H and O–H groups in total. The molecule has 1 heteroatoms. The van der Waals surface area contributed by atoms with Gasteiger partial charge in [-0.2, -0.15) is 0 Å². The molecular weight excluding hydrogens is 843 g/mol. The van der Waals surface area contributed by atoms with Crippen LogP contribution in [0.2, 0.25) is 0 Å². The second-order valence-electron chi connectivity index (χ2n) is 19.4. The number of aromatic nitrogens is 1. The van der Waals surface area contributed by atoms with E-state index in [1.165, 1.54) is 148 Å². The number of rotatable bonds is 3. The molecular formula is C69H41N. The van der Waals surface area contributed by atoms with E-state index in [1.54, 1.807) is 0 Å². The molecule has 0 radical (unpaired) electrons. The Hall–Kier alpha value is -9.04. The van der Waals surface area contributed by atoms with Gasteiger partial charge in [0.25, 0.3) is 0 Å². The van der Waals surface area contributed by atoms with Crippen LogP contribution in [0.5, 0.6) is 0 Å². The molecule has 1 aromatic heterocycles. The highest BCUT2D eigenvalue weighted by atomic mass is 15.0. The van der Waals surface area contributed by atoms with E-state index in [4.69, 9.17) is 0 Å². The molecule has 1 heterocycles. The van der Waals surface area contributed by atoms with Gasteiger partial charge in [-0.3, -0.25) is 0 Å². The lowest BCUT2D eigenvalue weighted by molar-refractivity contribution is 0.802. The van der Waals surface area contributed by atoms with Crippen LogP contribution in [0.4, 0.5) is 0 Å². The highest BCUT2D eigenvalue weighted by Gasteiger charge is 2.53. The number of para-hydroxylation sites is 2. The summed E-state index contributed by atoms with van der Waals surface area (Å²) in [5.74, 6) is 0. The van der Waals surface area contributed by atoms with E-state index in [9.17, 15) is 0 Å². The molecule has 0 fully saturated rings. The molecule has 13 aromatic carbocycles. The topological polar surface area (TPSA) is 4.93 Å². The maximum atomic E-state index is 2.53. The Morgan fingerprint density at radius 2 is 0.743 bits per heavy atom. The van der Waals surface area contributed by atoms with Crippen molar-refractivity contribution in [2.75, 3.05) is 0 Å². The molecule has 0 amide bonds. The predicted octanol–water partition coefficient (Wildman–Crippen LogP) is 18.2.